The highest BCUT2D eigenvalue weighted by molar-refractivity contribution is 5.79. The van der Waals surface area contributed by atoms with E-state index in [0.717, 1.165) is 64.0 Å². The van der Waals surface area contributed by atoms with Crippen molar-refractivity contribution in [3.8, 4) is 5.75 Å². The van der Waals surface area contributed by atoms with E-state index < -0.39 is 6.36 Å². The number of carbonyl (C=O) groups excluding carboxylic acids is 1. The lowest BCUT2D eigenvalue weighted by molar-refractivity contribution is -0.274. The molecule has 1 unspecified atom stereocenters. The minimum Gasteiger partial charge on any atom is -0.406 e. The Morgan fingerprint density at radius 3 is 2.23 bits per heavy atom. The van der Waals surface area contributed by atoms with Crippen LogP contribution in [0.2, 0.25) is 0 Å². The van der Waals surface area contributed by atoms with Crippen LogP contribution in [0.25, 0.3) is 0 Å². The minimum absolute atomic E-state index is 0.0840. The van der Waals surface area contributed by atoms with Crippen molar-refractivity contribution in [2.24, 2.45) is 5.92 Å². The van der Waals surface area contributed by atoms with Crippen LogP contribution in [0, 0.1) is 5.92 Å². The maximum Gasteiger partial charge on any atom is 0.573 e. The molecule has 5 nitrogen and oxygen atoms in total. The first-order chi connectivity index (χ1) is 14.2. The highest BCUT2D eigenvalue weighted by Gasteiger charge is 2.32. The zero-order valence-corrected chi connectivity index (χ0v) is 17.8. The standard InChI is InChI=1S/C22H32F3N3O2/c1-3-16(2)27-12-14-28(15-13-27)21(29)17-4-6-18(7-5-17)26-19-8-10-20(11-9-19)30-22(23,24)25/h8-11,16-18,26H,3-7,12-15H2,1-2H3. The molecule has 1 saturated heterocycles. The van der Waals surface area contributed by atoms with Gasteiger partial charge in [-0.05, 0) is 63.3 Å². The van der Waals surface area contributed by atoms with Gasteiger partial charge in [-0.1, -0.05) is 6.92 Å². The zero-order chi connectivity index (χ0) is 21.7. The Hall–Kier alpha value is -1.96. The summed E-state index contributed by atoms with van der Waals surface area (Å²) in [7, 11) is 0. The molecule has 30 heavy (non-hydrogen) atoms. The molecule has 0 radical (unpaired) electrons. The molecular weight excluding hydrogens is 395 g/mol. The fourth-order valence-corrected chi connectivity index (χ4v) is 4.37. The number of amides is 1. The van der Waals surface area contributed by atoms with Crippen LogP contribution in [0.5, 0.6) is 5.75 Å². The van der Waals surface area contributed by atoms with E-state index in [-0.39, 0.29) is 23.6 Å². The molecule has 1 atom stereocenters. The molecule has 1 aromatic rings. The highest BCUT2D eigenvalue weighted by atomic mass is 19.4. The fourth-order valence-electron chi connectivity index (χ4n) is 4.37. The molecule has 1 amide bonds. The number of hydrogen-bond acceptors (Lipinski definition) is 4. The molecule has 168 valence electrons. The van der Waals surface area contributed by atoms with Gasteiger partial charge in [0.1, 0.15) is 5.75 Å². The van der Waals surface area contributed by atoms with Crippen molar-refractivity contribution in [1.29, 1.82) is 0 Å². The quantitative estimate of drug-likeness (QED) is 0.726. The molecule has 3 rings (SSSR count). The van der Waals surface area contributed by atoms with Gasteiger partial charge in [0.15, 0.2) is 0 Å². The molecule has 8 heteroatoms. The molecule has 1 aliphatic heterocycles. The number of ether oxygens (including phenoxy) is 1. The number of halogens is 3. The molecule has 2 aliphatic rings. The lowest BCUT2D eigenvalue weighted by Gasteiger charge is -2.40. The molecule has 1 saturated carbocycles. The van der Waals surface area contributed by atoms with Crippen molar-refractivity contribution in [2.45, 2.75) is 64.4 Å². The number of nitrogens with zero attached hydrogens (tertiary/aromatic N) is 2. The third kappa shape index (κ3) is 6.27. The second kappa shape index (κ2) is 9.90. The number of alkyl halides is 3. The molecule has 1 N–H and O–H groups in total. The summed E-state index contributed by atoms with van der Waals surface area (Å²) >= 11 is 0. The van der Waals surface area contributed by atoms with Crippen molar-refractivity contribution in [3.63, 3.8) is 0 Å². The van der Waals surface area contributed by atoms with E-state index in [1.165, 1.54) is 12.1 Å². The average molecular weight is 428 g/mol. The Labute approximate surface area is 176 Å². The first-order valence-corrected chi connectivity index (χ1v) is 10.9. The Kier molecular flexibility index (Phi) is 7.50. The van der Waals surface area contributed by atoms with Crippen LogP contribution in [0.15, 0.2) is 24.3 Å². The summed E-state index contributed by atoms with van der Waals surface area (Å²) in [6.45, 7) is 7.96. The van der Waals surface area contributed by atoms with Gasteiger partial charge in [-0.2, -0.15) is 0 Å². The number of piperazine rings is 1. The van der Waals surface area contributed by atoms with Gasteiger partial charge < -0.3 is 15.0 Å². The summed E-state index contributed by atoms with van der Waals surface area (Å²) < 4.78 is 40.6. The lowest BCUT2D eigenvalue weighted by Crippen LogP contribution is -2.52. The van der Waals surface area contributed by atoms with Crippen molar-refractivity contribution in [2.75, 3.05) is 31.5 Å². The van der Waals surface area contributed by atoms with Gasteiger partial charge in [0.2, 0.25) is 5.91 Å². The highest BCUT2D eigenvalue weighted by Crippen LogP contribution is 2.30. The predicted octanol–water partition coefficient (Wildman–Crippen LogP) is 4.50. The summed E-state index contributed by atoms with van der Waals surface area (Å²) in [5, 5.41) is 3.37. The van der Waals surface area contributed by atoms with Gasteiger partial charge in [0.05, 0.1) is 0 Å². The summed E-state index contributed by atoms with van der Waals surface area (Å²) in [4.78, 5) is 17.4. The third-order valence-electron chi connectivity index (χ3n) is 6.38. The van der Waals surface area contributed by atoms with Gasteiger partial charge in [-0.3, -0.25) is 9.69 Å². The molecule has 1 aromatic carbocycles. The van der Waals surface area contributed by atoms with Crippen molar-refractivity contribution in [1.82, 2.24) is 9.80 Å². The number of hydrogen-bond donors (Lipinski definition) is 1. The summed E-state index contributed by atoms with van der Waals surface area (Å²) in [5.41, 5.74) is 0.764. The van der Waals surface area contributed by atoms with E-state index in [0.29, 0.717) is 6.04 Å². The van der Waals surface area contributed by atoms with Crippen LogP contribution in [-0.4, -0.2) is 60.3 Å². The van der Waals surface area contributed by atoms with Crippen molar-refractivity contribution < 1.29 is 22.7 Å². The molecule has 2 fully saturated rings. The van der Waals surface area contributed by atoms with Crippen LogP contribution in [0.4, 0.5) is 18.9 Å². The Balaban J connectivity index is 1.42. The van der Waals surface area contributed by atoms with Crippen molar-refractivity contribution in [3.05, 3.63) is 24.3 Å². The van der Waals surface area contributed by atoms with E-state index in [1.807, 2.05) is 4.90 Å². The molecule has 1 heterocycles. The molecule has 0 bridgehead atoms. The SMILES string of the molecule is CCC(C)N1CCN(C(=O)C2CCC(Nc3ccc(OC(F)(F)F)cc3)CC2)CC1. The average Bonchev–Trinajstić information content (AvgIpc) is 2.74. The van der Waals surface area contributed by atoms with E-state index in [4.69, 9.17) is 0 Å². The summed E-state index contributed by atoms with van der Waals surface area (Å²) in [5.74, 6) is 0.141. The minimum atomic E-state index is -4.68. The van der Waals surface area contributed by atoms with Crippen LogP contribution >= 0.6 is 0 Å². The maximum atomic E-state index is 12.9. The normalized spacial score (nSPS) is 24.4. The molecule has 1 aliphatic carbocycles. The fraction of sp³-hybridized carbons (Fsp3) is 0.682. The summed E-state index contributed by atoms with van der Waals surface area (Å²) in [6.07, 6.45) is -0.105. The number of nitrogens with one attached hydrogen (secondary N) is 1. The second-order valence-electron chi connectivity index (χ2n) is 8.38. The van der Waals surface area contributed by atoms with E-state index in [1.54, 1.807) is 12.1 Å². The second-order valence-corrected chi connectivity index (χ2v) is 8.38. The first-order valence-electron chi connectivity index (χ1n) is 10.9. The van der Waals surface area contributed by atoms with Gasteiger partial charge in [0.25, 0.3) is 0 Å². The smallest absolute Gasteiger partial charge is 0.406 e. The number of benzene rings is 1. The Bertz CT molecular complexity index is 680. The topological polar surface area (TPSA) is 44.8 Å². The zero-order valence-electron chi connectivity index (χ0n) is 17.8. The van der Waals surface area contributed by atoms with E-state index >= 15 is 0 Å². The molecular formula is C22H32F3N3O2. The number of anilines is 1. The van der Waals surface area contributed by atoms with E-state index in [2.05, 4.69) is 28.8 Å². The van der Waals surface area contributed by atoms with Crippen molar-refractivity contribution >= 4 is 11.6 Å². The third-order valence-corrected chi connectivity index (χ3v) is 6.38. The largest absolute Gasteiger partial charge is 0.573 e. The van der Waals surface area contributed by atoms with Gasteiger partial charge in [0, 0.05) is 49.9 Å². The van der Waals surface area contributed by atoms with Crippen LogP contribution in [0.3, 0.4) is 0 Å². The monoisotopic (exact) mass is 427 g/mol. The number of carbonyl (C=O) groups is 1. The molecule has 0 spiro atoms. The number of rotatable bonds is 6. The summed E-state index contributed by atoms with van der Waals surface area (Å²) in [6, 6.07) is 6.60. The molecule has 0 aromatic heterocycles. The van der Waals surface area contributed by atoms with Crippen LogP contribution < -0.4 is 10.1 Å². The first kappa shape index (κ1) is 22.7. The maximum absolute atomic E-state index is 12.9. The van der Waals surface area contributed by atoms with Gasteiger partial charge in [-0.25, -0.2) is 0 Å². The van der Waals surface area contributed by atoms with Crippen LogP contribution in [0.1, 0.15) is 46.0 Å². The van der Waals surface area contributed by atoms with Crippen LogP contribution in [-0.2, 0) is 4.79 Å². The Morgan fingerprint density at radius 2 is 1.70 bits per heavy atom. The van der Waals surface area contributed by atoms with E-state index in [9.17, 15) is 18.0 Å². The van der Waals surface area contributed by atoms with Gasteiger partial charge in [-0.15, -0.1) is 13.2 Å². The Morgan fingerprint density at radius 1 is 1.10 bits per heavy atom. The van der Waals surface area contributed by atoms with Gasteiger partial charge >= 0.3 is 6.36 Å². The predicted molar refractivity (Wildman–Crippen MR) is 110 cm³/mol. The lowest BCUT2D eigenvalue weighted by atomic mass is 9.85.